The summed E-state index contributed by atoms with van der Waals surface area (Å²) in [6.45, 7) is 7.17. The molecular formula is C29H29ClN2O9. The number of nitrogens with zero attached hydrogens (tertiary/aromatic N) is 2. The van der Waals surface area contributed by atoms with Crippen molar-refractivity contribution in [2.75, 3.05) is 6.61 Å². The minimum Gasteiger partial charge on any atom is -0.459 e. The molecule has 0 N–H and O–H groups in total. The minimum absolute atomic E-state index is 0.0421. The van der Waals surface area contributed by atoms with Crippen LogP contribution in [0.1, 0.15) is 48.5 Å². The summed E-state index contributed by atoms with van der Waals surface area (Å²) in [6, 6.07) is 13.2. The van der Waals surface area contributed by atoms with E-state index in [-0.39, 0.29) is 11.4 Å². The summed E-state index contributed by atoms with van der Waals surface area (Å²) < 4.78 is 29.6. The summed E-state index contributed by atoms with van der Waals surface area (Å²) in [5.74, 6) is -1.52. The Bertz CT molecular complexity index is 1520. The van der Waals surface area contributed by atoms with Gasteiger partial charge in [0, 0.05) is 31.1 Å². The molecule has 0 radical (unpaired) electrons. The Kier molecular flexibility index (Phi) is 8.79. The van der Waals surface area contributed by atoms with Gasteiger partial charge in [0.15, 0.2) is 18.4 Å². The first-order chi connectivity index (χ1) is 19.4. The summed E-state index contributed by atoms with van der Waals surface area (Å²) in [5, 5.41) is 0.340. The molecule has 1 aliphatic heterocycles. The highest BCUT2D eigenvalue weighted by Gasteiger charge is 2.58. The van der Waals surface area contributed by atoms with E-state index in [1.54, 1.807) is 12.1 Å². The van der Waals surface area contributed by atoms with Crippen LogP contribution in [0.5, 0.6) is 11.6 Å². The van der Waals surface area contributed by atoms with Crippen LogP contribution < -0.4 is 10.4 Å². The molecule has 1 aromatic heterocycles. The van der Waals surface area contributed by atoms with E-state index in [4.69, 9.17) is 35.3 Å². The number of hydrogen-bond acceptors (Lipinski definition) is 10. The highest BCUT2D eigenvalue weighted by molar-refractivity contribution is 6.30. The largest absolute Gasteiger partial charge is 0.459 e. The number of esters is 3. The van der Waals surface area contributed by atoms with Crippen LogP contribution in [0.15, 0.2) is 59.5 Å². The smallest absolute Gasteiger partial charge is 0.353 e. The van der Waals surface area contributed by atoms with E-state index in [0.29, 0.717) is 10.8 Å². The summed E-state index contributed by atoms with van der Waals surface area (Å²) >= 11 is 5.98. The molecule has 2 heterocycles. The number of para-hydroxylation sites is 1. The molecule has 1 fully saturated rings. The van der Waals surface area contributed by atoms with Crippen molar-refractivity contribution in [1.82, 2.24) is 9.55 Å². The van der Waals surface area contributed by atoms with Gasteiger partial charge in [0.1, 0.15) is 18.0 Å². The quantitative estimate of drug-likeness (QED) is 0.278. The number of carbonyl (C=O) groups is 3. The first-order valence-electron chi connectivity index (χ1n) is 12.7. The van der Waals surface area contributed by atoms with Gasteiger partial charge in [0.05, 0.1) is 5.56 Å². The maximum atomic E-state index is 13.2. The molecule has 0 amide bonds. The average molecular weight is 585 g/mol. The van der Waals surface area contributed by atoms with E-state index in [2.05, 4.69) is 4.98 Å². The maximum absolute atomic E-state index is 13.2. The number of halogens is 1. The predicted molar refractivity (Wildman–Crippen MR) is 146 cm³/mol. The molecule has 11 nitrogen and oxygen atoms in total. The zero-order chi connectivity index (χ0) is 29.9. The Balaban J connectivity index is 1.65. The molecule has 0 bridgehead atoms. The summed E-state index contributed by atoms with van der Waals surface area (Å²) in [5.41, 5.74) is -0.402. The number of benzene rings is 2. The molecule has 1 aliphatic rings. The lowest BCUT2D eigenvalue weighted by Gasteiger charge is -2.30. The Morgan fingerprint density at radius 3 is 2.29 bits per heavy atom. The van der Waals surface area contributed by atoms with Crippen molar-refractivity contribution < 1.29 is 38.1 Å². The fourth-order valence-corrected chi connectivity index (χ4v) is 4.73. The SMILES string of the molecule is CC(=O)O[C@H]1[C@H](n2ccc(Oc3c(C)cccc3C)nc2=O)O[C@](C)(COC(=O)c2cccc(Cl)c2)[C@H]1OC(C)=O. The Labute approximate surface area is 240 Å². The van der Waals surface area contributed by atoms with Gasteiger partial charge < -0.3 is 23.7 Å². The van der Waals surface area contributed by atoms with Gasteiger partial charge in [-0.3, -0.25) is 14.2 Å². The van der Waals surface area contributed by atoms with Gasteiger partial charge in [-0.1, -0.05) is 35.9 Å². The van der Waals surface area contributed by atoms with Crippen molar-refractivity contribution in [2.24, 2.45) is 0 Å². The number of rotatable bonds is 8. The molecule has 0 spiro atoms. The van der Waals surface area contributed by atoms with E-state index in [1.807, 2.05) is 32.0 Å². The molecule has 2 aromatic carbocycles. The number of aromatic nitrogens is 2. The monoisotopic (exact) mass is 584 g/mol. The lowest BCUT2D eigenvalue weighted by atomic mass is 9.97. The minimum atomic E-state index is -1.53. The number of hydrogen-bond donors (Lipinski definition) is 0. The number of ether oxygens (including phenoxy) is 5. The molecule has 12 heteroatoms. The van der Waals surface area contributed by atoms with E-state index in [9.17, 15) is 19.2 Å². The Morgan fingerprint density at radius 1 is 1.02 bits per heavy atom. The highest BCUT2D eigenvalue weighted by atomic mass is 35.5. The average Bonchev–Trinajstić information content (AvgIpc) is 3.15. The summed E-state index contributed by atoms with van der Waals surface area (Å²) in [7, 11) is 0. The topological polar surface area (TPSA) is 132 Å². The van der Waals surface area contributed by atoms with Gasteiger partial charge >= 0.3 is 23.6 Å². The van der Waals surface area contributed by atoms with Gasteiger partial charge in [-0.15, -0.1) is 0 Å². The summed E-state index contributed by atoms with van der Waals surface area (Å²) in [6.07, 6.45) is -2.45. The van der Waals surface area contributed by atoms with E-state index in [0.717, 1.165) is 15.7 Å². The lowest BCUT2D eigenvalue weighted by Crippen LogP contribution is -2.48. The van der Waals surface area contributed by atoms with Crippen molar-refractivity contribution in [1.29, 1.82) is 0 Å². The third-order valence-corrected chi connectivity index (χ3v) is 6.65. The second kappa shape index (κ2) is 12.1. The van der Waals surface area contributed by atoms with Crippen LogP contribution in [0.3, 0.4) is 0 Å². The maximum Gasteiger partial charge on any atom is 0.353 e. The molecule has 41 heavy (non-hydrogen) atoms. The van der Waals surface area contributed by atoms with Crippen LogP contribution in [0.4, 0.5) is 0 Å². The zero-order valence-electron chi connectivity index (χ0n) is 23.1. The molecule has 4 atom stereocenters. The lowest BCUT2D eigenvalue weighted by molar-refractivity contribution is -0.169. The second-order valence-electron chi connectivity index (χ2n) is 9.79. The van der Waals surface area contributed by atoms with Crippen LogP contribution in [-0.4, -0.2) is 51.9 Å². The van der Waals surface area contributed by atoms with Gasteiger partial charge in [-0.2, -0.15) is 4.98 Å². The first kappa shape index (κ1) is 29.8. The molecular weight excluding hydrogens is 556 g/mol. The van der Waals surface area contributed by atoms with Gasteiger partial charge in [-0.25, -0.2) is 9.59 Å². The number of aryl methyl sites for hydroxylation is 2. The zero-order valence-corrected chi connectivity index (χ0v) is 23.8. The number of carbonyl (C=O) groups excluding carboxylic acids is 3. The molecule has 4 rings (SSSR count). The third kappa shape index (κ3) is 6.75. The summed E-state index contributed by atoms with van der Waals surface area (Å²) in [4.78, 5) is 54.1. The highest BCUT2D eigenvalue weighted by Crippen LogP contribution is 2.41. The molecule has 0 saturated carbocycles. The van der Waals surface area contributed by atoms with Crippen LogP contribution in [-0.2, 0) is 28.5 Å². The molecule has 0 aliphatic carbocycles. The first-order valence-corrected chi connectivity index (χ1v) is 13.0. The van der Waals surface area contributed by atoms with Gasteiger partial charge in [0.2, 0.25) is 5.88 Å². The standard InChI is InChI=1S/C29H29ClN2O9/c1-16-8-6-9-17(2)23(16)40-22-12-13-32(28(36)31-22)26-24(38-18(3)33)25(39-19(4)34)29(5,41-26)15-37-27(35)20-10-7-11-21(30)14-20/h6-14,24-26H,15H2,1-5H3/t24-,25+,26-,29-/m1/s1. The third-order valence-electron chi connectivity index (χ3n) is 6.41. The van der Waals surface area contributed by atoms with Gasteiger partial charge in [-0.05, 0) is 50.1 Å². The molecule has 0 unspecified atom stereocenters. The van der Waals surface area contributed by atoms with Crippen molar-refractivity contribution in [3.63, 3.8) is 0 Å². The van der Waals surface area contributed by atoms with E-state index in [1.165, 1.54) is 45.2 Å². The molecule has 1 saturated heterocycles. The Morgan fingerprint density at radius 2 is 1.68 bits per heavy atom. The van der Waals surface area contributed by atoms with Crippen molar-refractivity contribution in [2.45, 2.75) is 58.7 Å². The van der Waals surface area contributed by atoms with E-state index >= 15 is 0 Å². The van der Waals surface area contributed by atoms with Crippen molar-refractivity contribution >= 4 is 29.5 Å². The van der Waals surface area contributed by atoms with Crippen LogP contribution >= 0.6 is 11.6 Å². The normalized spacial score (nSPS) is 21.7. The van der Waals surface area contributed by atoms with Crippen LogP contribution in [0, 0.1) is 13.8 Å². The van der Waals surface area contributed by atoms with E-state index < -0.39 is 54.2 Å². The van der Waals surface area contributed by atoms with Crippen molar-refractivity contribution in [3.05, 3.63) is 86.9 Å². The second-order valence-corrected chi connectivity index (χ2v) is 10.2. The fourth-order valence-electron chi connectivity index (χ4n) is 4.54. The molecule has 216 valence electrons. The molecule has 3 aromatic rings. The fraction of sp³-hybridized carbons (Fsp3) is 0.345. The van der Waals surface area contributed by atoms with Crippen molar-refractivity contribution in [3.8, 4) is 11.6 Å². The Hall–Kier alpha value is -4.22. The van der Waals surface area contributed by atoms with Gasteiger partial charge in [0.25, 0.3) is 0 Å². The predicted octanol–water partition coefficient (Wildman–Crippen LogP) is 4.31. The van der Waals surface area contributed by atoms with Crippen LogP contribution in [0.2, 0.25) is 5.02 Å². The van der Waals surface area contributed by atoms with Crippen LogP contribution in [0.25, 0.3) is 0 Å².